The molecule has 1 atom stereocenters. The maximum atomic E-state index is 12.9. The first-order chi connectivity index (χ1) is 13.8. The summed E-state index contributed by atoms with van der Waals surface area (Å²) in [5.74, 6) is 0.520. The number of piperidine rings is 1. The number of carbonyl (C=O) groups is 1. The van der Waals surface area contributed by atoms with Crippen LogP contribution in [0.1, 0.15) is 65.6 Å². The molecule has 1 spiro atoms. The van der Waals surface area contributed by atoms with Crippen molar-refractivity contribution in [3.63, 3.8) is 0 Å². The number of ether oxygens (including phenoxy) is 2. The van der Waals surface area contributed by atoms with Crippen molar-refractivity contribution in [3.8, 4) is 5.88 Å². The van der Waals surface area contributed by atoms with Crippen molar-refractivity contribution in [3.05, 3.63) is 23.4 Å². The van der Waals surface area contributed by atoms with E-state index in [0.29, 0.717) is 19.0 Å². The smallest absolute Gasteiger partial charge is 0.410 e. The fourth-order valence-corrected chi connectivity index (χ4v) is 4.57. The molecule has 0 bridgehead atoms. The molecule has 0 radical (unpaired) electrons. The predicted octanol–water partition coefficient (Wildman–Crippen LogP) is 3.91. The molecule has 0 saturated carbocycles. The zero-order chi connectivity index (χ0) is 22.3. The topological polar surface area (TPSA) is 81.1 Å². The molecule has 1 fully saturated rings. The fraction of sp³-hybridized carbons (Fsp3) is 0.682. The third-order valence-corrected chi connectivity index (χ3v) is 6.88. The van der Waals surface area contributed by atoms with Gasteiger partial charge in [-0.15, -0.1) is 0 Å². The van der Waals surface area contributed by atoms with Crippen molar-refractivity contribution in [1.82, 2.24) is 9.88 Å². The van der Waals surface area contributed by atoms with Gasteiger partial charge in [0.2, 0.25) is 5.88 Å². The van der Waals surface area contributed by atoms with E-state index in [9.17, 15) is 9.00 Å². The summed E-state index contributed by atoms with van der Waals surface area (Å²) in [4.78, 5) is 18.9. The largest absolute Gasteiger partial charge is 0.481 e. The Labute approximate surface area is 181 Å². The van der Waals surface area contributed by atoms with Crippen LogP contribution in [0.25, 0.3) is 0 Å². The Morgan fingerprint density at radius 1 is 1.17 bits per heavy atom. The summed E-state index contributed by atoms with van der Waals surface area (Å²) in [6.45, 7) is 12.5. The monoisotopic (exact) mass is 435 g/mol. The maximum absolute atomic E-state index is 12.9. The van der Waals surface area contributed by atoms with Gasteiger partial charge in [0.15, 0.2) is 0 Å². The second kappa shape index (κ2) is 7.94. The first-order valence-corrected chi connectivity index (χ1v) is 11.5. The van der Waals surface area contributed by atoms with Gasteiger partial charge in [-0.2, -0.15) is 4.40 Å². The summed E-state index contributed by atoms with van der Waals surface area (Å²) in [6, 6.07) is 3.87. The first kappa shape index (κ1) is 22.7. The average molecular weight is 436 g/mol. The van der Waals surface area contributed by atoms with Crippen LogP contribution >= 0.6 is 0 Å². The molecule has 7 nitrogen and oxygen atoms in total. The molecular formula is C22H33N3O4S. The van der Waals surface area contributed by atoms with E-state index in [2.05, 4.69) is 4.98 Å². The highest BCUT2D eigenvalue weighted by molar-refractivity contribution is 7.85. The number of methoxy groups -OCH3 is 1. The Morgan fingerprint density at radius 3 is 2.33 bits per heavy atom. The number of nitrogens with zero attached hydrogens (tertiary/aromatic N) is 3. The number of amides is 1. The number of likely N-dealkylation sites (tertiary alicyclic amines) is 1. The Kier molecular flexibility index (Phi) is 6.02. The summed E-state index contributed by atoms with van der Waals surface area (Å²) >= 11 is 0. The highest BCUT2D eigenvalue weighted by atomic mass is 32.2. The van der Waals surface area contributed by atoms with Crippen molar-refractivity contribution in [2.75, 3.05) is 20.2 Å². The van der Waals surface area contributed by atoms with E-state index < -0.39 is 21.3 Å². The Balaban J connectivity index is 1.91. The maximum Gasteiger partial charge on any atom is 0.410 e. The molecule has 1 aliphatic heterocycles. The second-order valence-corrected chi connectivity index (χ2v) is 12.0. The molecule has 1 saturated heterocycles. The third-order valence-electron chi connectivity index (χ3n) is 5.49. The average Bonchev–Trinajstić information content (AvgIpc) is 2.92. The van der Waals surface area contributed by atoms with Gasteiger partial charge in [0.1, 0.15) is 16.6 Å². The lowest BCUT2D eigenvalue weighted by atomic mass is 9.75. The van der Waals surface area contributed by atoms with Crippen molar-refractivity contribution in [2.45, 2.75) is 71.2 Å². The van der Waals surface area contributed by atoms with Crippen LogP contribution in [0.4, 0.5) is 4.79 Å². The highest BCUT2D eigenvalue weighted by Gasteiger charge is 2.48. The number of aromatic nitrogens is 1. The minimum Gasteiger partial charge on any atom is -0.481 e. The van der Waals surface area contributed by atoms with E-state index in [1.54, 1.807) is 12.0 Å². The molecule has 2 heterocycles. The van der Waals surface area contributed by atoms with Gasteiger partial charge in [0.25, 0.3) is 0 Å². The number of fused-ring (bicyclic) bond motifs is 1. The van der Waals surface area contributed by atoms with Crippen LogP contribution in [-0.4, -0.2) is 56.4 Å². The molecule has 0 aromatic carbocycles. The van der Waals surface area contributed by atoms with Crippen molar-refractivity contribution in [1.29, 1.82) is 0 Å². The van der Waals surface area contributed by atoms with Crippen LogP contribution in [0.2, 0.25) is 0 Å². The minimum absolute atomic E-state index is 0.277. The van der Waals surface area contributed by atoms with Gasteiger partial charge in [-0.3, -0.25) is 0 Å². The highest BCUT2D eigenvalue weighted by Crippen LogP contribution is 2.45. The van der Waals surface area contributed by atoms with E-state index in [4.69, 9.17) is 13.9 Å². The molecule has 1 aliphatic carbocycles. The van der Waals surface area contributed by atoms with Crippen LogP contribution in [0.5, 0.6) is 5.88 Å². The van der Waals surface area contributed by atoms with Crippen LogP contribution in [0.3, 0.4) is 0 Å². The number of hydrogen-bond donors (Lipinski definition) is 0. The van der Waals surface area contributed by atoms with Crippen LogP contribution in [0, 0.1) is 5.41 Å². The van der Waals surface area contributed by atoms with Crippen LogP contribution < -0.4 is 4.74 Å². The summed E-state index contributed by atoms with van der Waals surface area (Å²) in [5.41, 5.74) is 1.85. The SMILES string of the molecule is COc1ccc2c(n1)C(=N[S@](=O)C(C)(C)C)C1(CCN(C(=O)OC(C)(C)C)CC1)C2. The Morgan fingerprint density at radius 2 is 1.80 bits per heavy atom. The summed E-state index contributed by atoms with van der Waals surface area (Å²) in [6.07, 6.45) is 1.95. The minimum atomic E-state index is -1.40. The van der Waals surface area contributed by atoms with Gasteiger partial charge in [-0.1, -0.05) is 6.07 Å². The Hall–Kier alpha value is -1.96. The van der Waals surface area contributed by atoms with Crippen LogP contribution in [0.15, 0.2) is 16.5 Å². The number of hydrogen-bond acceptors (Lipinski definition) is 5. The molecule has 1 amide bonds. The molecule has 166 valence electrons. The van der Waals surface area contributed by atoms with E-state index >= 15 is 0 Å². The normalized spacial score (nSPS) is 20.9. The van der Waals surface area contributed by atoms with Gasteiger partial charge in [0.05, 0.1) is 23.3 Å². The molecule has 1 aromatic heterocycles. The van der Waals surface area contributed by atoms with Gasteiger partial charge in [-0.25, -0.2) is 14.0 Å². The van der Waals surface area contributed by atoms with Gasteiger partial charge in [-0.05, 0) is 66.4 Å². The molecule has 2 aliphatic rings. The molecule has 8 heteroatoms. The van der Waals surface area contributed by atoms with E-state index in [-0.39, 0.29) is 11.5 Å². The zero-order valence-corrected chi connectivity index (χ0v) is 19.9. The zero-order valence-electron chi connectivity index (χ0n) is 19.1. The quantitative estimate of drug-likeness (QED) is 0.703. The lowest BCUT2D eigenvalue weighted by Crippen LogP contribution is -2.47. The number of carbonyl (C=O) groups excluding carboxylic acids is 1. The van der Waals surface area contributed by atoms with Crippen molar-refractivity contribution < 1.29 is 18.5 Å². The van der Waals surface area contributed by atoms with E-state index in [1.165, 1.54) is 0 Å². The van der Waals surface area contributed by atoms with Crippen molar-refractivity contribution >= 4 is 22.8 Å². The molecule has 0 N–H and O–H groups in total. The standard InChI is InChI=1S/C22H33N3O4S/c1-20(2,3)29-19(26)25-12-10-22(11-13-25)14-15-8-9-16(28-7)23-17(15)18(22)24-30(27)21(4,5)6/h8-9H,10-14H2,1-7H3/t30-/m1/s1. The van der Waals surface area contributed by atoms with Crippen molar-refractivity contribution in [2.24, 2.45) is 9.81 Å². The molecular weight excluding hydrogens is 402 g/mol. The molecule has 0 unspecified atom stereocenters. The summed E-state index contributed by atoms with van der Waals surface area (Å²) < 4.78 is 28.0. The lowest BCUT2D eigenvalue weighted by Gasteiger charge is -2.39. The lowest BCUT2D eigenvalue weighted by molar-refractivity contribution is 0.0159. The molecule has 3 rings (SSSR count). The summed E-state index contributed by atoms with van der Waals surface area (Å²) in [5, 5.41) is 0. The second-order valence-electron chi connectivity index (χ2n) is 10.1. The molecule has 1 aromatic rings. The van der Waals surface area contributed by atoms with Gasteiger partial charge < -0.3 is 14.4 Å². The van der Waals surface area contributed by atoms with E-state index in [1.807, 2.05) is 53.7 Å². The van der Waals surface area contributed by atoms with Gasteiger partial charge >= 0.3 is 6.09 Å². The van der Waals surface area contributed by atoms with Gasteiger partial charge in [0, 0.05) is 24.6 Å². The predicted molar refractivity (Wildman–Crippen MR) is 118 cm³/mol. The Bertz CT molecular complexity index is 875. The fourth-order valence-electron chi connectivity index (χ4n) is 3.85. The van der Waals surface area contributed by atoms with E-state index in [0.717, 1.165) is 36.2 Å². The van der Waals surface area contributed by atoms with Crippen LogP contribution in [-0.2, 0) is 22.1 Å². The first-order valence-electron chi connectivity index (χ1n) is 10.4. The third kappa shape index (κ3) is 4.68. The number of pyridine rings is 1. The molecule has 30 heavy (non-hydrogen) atoms. The summed E-state index contributed by atoms with van der Waals surface area (Å²) in [7, 11) is 0.186. The number of rotatable bonds is 2.